The first-order chi connectivity index (χ1) is 9.81. The first-order valence-corrected chi connectivity index (χ1v) is 6.76. The highest BCUT2D eigenvalue weighted by atomic mass is 16.5. The predicted octanol–water partition coefficient (Wildman–Crippen LogP) is 2.84. The number of esters is 1. The summed E-state index contributed by atoms with van der Waals surface area (Å²) in [7, 11) is 0. The maximum Gasteiger partial charge on any atom is 0.330 e. The third kappa shape index (κ3) is 3.35. The van der Waals surface area contributed by atoms with E-state index in [2.05, 4.69) is 5.10 Å². The van der Waals surface area contributed by atoms with Gasteiger partial charge < -0.3 is 4.74 Å². The van der Waals surface area contributed by atoms with E-state index >= 15 is 0 Å². The summed E-state index contributed by atoms with van der Waals surface area (Å²) in [5.74, 6) is 0.303. The molecule has 0 spiro atoms. The van der Waals surface area contributed by atoms with Crippen LogP contribution in [0.4, 0.5) is 0 Å². The van der Waals surface area contributed by atoms with Crippen LogP contribution in [0.15, 0.2) is 48.8 Å². The number of ether oxygens (including phenoxy) is 1. The van der Waals surface area contributed by atoms with Gasteiger partial charge in [0.05, 0.1) is 18.5 Å². The Balaban J connectivity index is 1.60. The Morgan fingerprint density at radius 1 is 1.35 bits per heavy atom. The highest BCUT2D eigenvalue weighted by Crippen LogP contribution is 2.28. The molecule has 1 aromatic carbocycles. The van der Waals surface area contributed by atoms with Gasteiger partial charge >= 0.3 is 5.97 Å². The molecule has 2 aromatic rings. The van der Waals surface area contributed by atoms with E-state index < -0.39 is 0 Å². The summed E-state index contributed by atoms with van der Waals surface area (Å²) in [5, 5.41) is 4.26. The van der Waals surface area contributed by atoms with Crippen LogP contribution in [0.2, 0.25) is 0 Å². The molecule has 1 aromatic heterocycles. The number of para-hydroxylation sites is 1. The van der Waals surface area contributed by atoms with E-state index in [9.17, 15) is 4.79 Å². The summed E-state index contributed by atoms with van der Waals surface area (Å²) in [4.78, 5) is 11.5. The lowest BCUT2D eigenvalue weighted by atomic mass is 10.3. The van der Waals surface area contributed by atoms with Crippen molar-refractivity contribution in [2.75, 3.05) is 6.61 Å². The van der Waals surface area contributed by atoms with E-state index in [1.54, 1.807) is 17.0 Å². The molecule has 1 fully saturated rings. The Hall–Kier alpha value is -2.36. The second-order valence-corrected chi connectivity index (χ2v) is 4.96. The van der Waals surface area contributed by atoms with Crippen molar-refractivity contribution in [3.05, 3.63) is 54.4 Å². The van der Waals surface area contributed by atoms with Gasteiger partial charge in [0.15, 0.2) is 0 Å². The number of benzene rings is 1. The maximum absolute atomic E-state index is 11.5. The molecule has 0 aliphatic heterocycles. The fourth-order valence-electron chi connectivity index (χ4n) is 1.84. The van der Waals surface area contributed by atoms with E-state index in [-0.39, 0.29) is 5.97 Å². The molecule has 1 aliphatic rings. The van der Waals surface area contributed by atoms with Crippen molar-refractivity contribution in [1.29, 1.82) is 0 Å². The zero-order chi connectivity index (χ0) is 13.8. The number of carbonyl (C=O) groups excluding carboxylic acids is 1. The molecule has 4 nitrogen and oxygen atoms in total. The fraction of sp³-hybridized carbons (Fsp3) is 0.250. The van der Waals surface area contributed by atoms with Gasteiger partial charge in [0.25, 0.3) is 0 Å². The molecular formula is C16H16N2O2. The Labute approximate surface area is 117 Å². The smallest absolute Gasteiger partial charge is 0.330 e. The zero-order valence-corrected chi connectivity index (χ0v) is 11.1. The SMILES string of the molecule is O=C(/C=C/c1cnn(-c2ccccc2)c1)OCC1CC1. The Morgan fingerprint density at radius 3 is 2.90 bits per heavy atom. The standard InChI is InChI=1S/C16H16N2O2/c19-16(20-12-13-6-7-13)9-8-14-10-17-18(11-14)15-4-2-1-3-5-15/h1-5,8-11,13H,6-7,12H2/b9-8+. The lowest BCUT2D eigenvalue weighted by Gasteiger charge is -1.98. The van der Waals surface area contributed by atoms with Gasteiger partial charge in [-0.25, -0.2) is 9.48 Å². The van der Waals surface area contributed by atoms with E-state index in [4.69, 9.17) is 4.74 Å². The Kier molecular flexibility index (Phi) is 3.63. The van der Waals surface area contributed by atoms with Crippen molar-refractivity contribution in [2.45, 2.75) is 12.8 Å². The second-order valence-electron chi connectivity index (χ2n) is 4.96. The fourth-order valence-corrected chi connectivity index (χ4v) is 1.84. The molecule has 1 saturated carbocycles. The van der Waals surface area contributed by atoms with Crippen molar-refractivity contribution < 1.29 is 9.53 Å². The minimum Gasteiger partial charge on any atom is -0.462 e. The molecule has 4 heteroatoms. The van der Waals surface area contributed by atoms with Gasteiger partial charge in [-0.15, -0.1) is 0 Å². The summed E-state index contributed by atoms with van der Waals surface area (Å²) >= 11 is 0. The van der Waals surface area contributed by atoms with Gasteiger partial charge in [-0.05, 0) is 37.0 Å². The molecule has 0 unspecified atom stereocenters. The van der Waals surface area contributed by atoms with E-state index in [0.29, 0.717) is 12.5 Å². The van der Waals surface area contributed by atoms with Crippen LogP contribution in [0.1, 0.15) is 18.4 Å². The van der Waals surface area contributed by atoms with Crippen LogP contribution in [-0.2, 0) is 9.53 Å². The predicted molar refractivity (Wildman–Crippen MR) is 76.3 cm³/mol. The van der Waals surface area contributed by atoms with Gasteiger partial charge in [0.2, 0.25) is 0 Å². The normalized spacial score (nSPS) is 14.6. The van der Waals surface area contributed by atoms with Crippen molar-refractivity contribution in [1.82, 2.24) is 9.78 Å². The van der Waals surface area contributed by atoms with Crippen molar-refractivity contribution in [3.63, 3.8) is 0 Å². The van der Waals surface area contributed by atoms with Crippen LogP contribution in [0.25, 0.3) is 11.8 Å². The zero-order valence-electron chi connectivity index (χ0n) is 11.1. The third-order valence-electron chi connectivity index (χ3n) is 3.19. The quantitative estimate of drug-likeness (QED) is 0.618. The van der Waals surface area contributed by atoms with Crippen LogP contribution >= 0.6 is 0 Å². The van der Waals surface area contributed by atoms with Crippen molar-refractivity contribution in [2.24, 2.45) is 5.92 Å². The molecule has 102 valence electrons. The Morgan fingerprint density at radius 2 is 2.15 bits per heavy atom. The number of carbonyl (C=O) groups is 1. The molecule has 1 heterocycles. The molecule has 0 bridgehead atoms. The average molecular weight is 268 g/mol. The van der Waals surface area contributed by atoms with E-state index in [0.717, 1.165) is 11.3 Å². The maximum atomic E-state index is 11.5. The molecule has 0 radical (unpaired) electrons. The molecule has 3 rings (SSSR count). The van der Waals surface area contributed by atoms with Gasteiger partial charge in [-0.1, -0.05) is 18.2 Å². The van der Waals surface area contributed by atoms with Crippen LogP contribution in [0.5, 0.6) is 0 Å². The van der Waals surface area contributed by atoms with Crippen LogP contribution in [0, 0.1) is 5.92 Å². The first kappa shape index (κ1) is 12.7. The highest BCUT2D eigenvalue weighted by Gasteiger charge is 2.22. The van der Waals surface area contributed by atoms with Crippen LogP contribution < -0.4 is 0 Å². The van der Waals surface area contributed by atoms with Crippen LogP contribution in [-0.4, -0.2) is 22.4 Å². The number of rotatable bonds is 5. The largest absolute Gasteiger partial charge is 0.462 e. The molecule has 0 atom stereocenters. The highest BCUT2D eigenvalue weighted by molar-refractivity contribution is 5.86. The average Bonchev–Trinajstić information content (AvgIpc) is 3.20. The molecule has 0 amide bonds. The number of nitrogens with zero attached hydrogens (tertiary/aromatic N) is 2. The molecular weight excluding hydrogens is 252 g/mol. The minimum atomic E-state index is -0.288. The van der Waals surface area contributed by atoms with Crippen LogP contribution in [0.3, 0.4) is 0 Å². The number of hydrogen-bond donors (Lipinski definition) is 0. The van der Waals surface area contributed by atoms with E-state index in [1.165, 1.54) is 18.9 Å². The molecule has 1 aliphatic carbocycles. The van der Waals surface area contributed by atoms with Gasteiger partial charge in [0.1, 0.15) is 0 Å². The summed E-state index contributed by atoms with van der Waals surface area (Å²) in [6.45, 7) is 0.548. The third-order valence-corrected chi connectivity index (χ3v) is 3.19. The van der Waals surface area contributed by atoms with E-state index in [1.807, 2.05) is 36.5 Å². The summed E-state index contributed by atoms with van der Waals surface area (Å²) < 4.78 is 6.90. The van der Waals surface area contributed by atoms with Gasteiger partial charge in [-0.2, -0.15) is 5.10 Å². The summed E-state index contributed by atoms with van der Waals surface area (Å²) in [6, 6.07) is 9.84. The van der Waals surface area contributed by atoms with Gasteiger partial charge in [-0.3, -0.25) is 0 Å². The minimum absolute atomic E-state index is 0.288. The monoisotopic (exact) mass is 268 g/mol. The number of aromatic nitrogens is 2. The molecule has 0 saturated heterocycles. The molecule has 20 heavy (non-hydrogen) atoms. The van der Waals surface area contributed by atoms with Gasteiger partial charge in [0, 0.05) is 17.8 Å². The summed E-state index contributed by atoms with van der Waals surface area (Å²) in [5.41, 5.74) is 1.86. The Bertz CT molecular complexity index is 612. The van der Waals surface area contributed by atoms with Crippen molar-refractivity contribution in [3.8, 4) is 5.69 Å². The topological polar surface area (TPSA) is 44.1 Å². The first-order valence-electron chi connectivity index (χ1n) is 6.76. The molecule has 0 N–H and O–H groups in total. The lowest BCUT2D eigenvalue weighted by molar-refractivity contribution is -0.138. The summed E-state index contributed by atoms with van der Waals surface area (Å²) in [6.07, 6.45) is 9.13. The van der Waals surface area contributed by atoms with Crippen molar-refractivity contribution >= 4 is 12.0 Å². The lowest BCUT2D eigenvalue weighted by Crippen LogP contribution is -2.03. The number of hydrogen-bond acceptors (Lipinski definition) is 3. The second kappa shape index (κ2) is 5.74.